The van der Waals surface area contributed by atoms with E-state index in [1.807, 2.05) is 0 Å². The molecule has 1 aliphatic heterocycles. The molecular weight excluding hydrogens is 541 g/mol. The summed E-state index contributed by atoms with van der Waals surface area (Å²) in [5.41, 5.74) is 12.3. The summed E-state index contributed by atoms with van der Waals surface area (Å²) >= 11 is 0.703. The summed E-state index contributed by atoms with van der Waals surface area (Å²) in [7, 11) is 0. The van der Waals surface area contributed by atoms with Crippen molar-refractivity contribution in [2.24, 2.45) is 5.73 Å². The third kappa shape index (κ3) is 5.45. The minimum Gasteiger partial charge on any atom is -0.464 e. The van der Waals surface area contributed by atoms with Crippen molar-refractivity contribution in [1.29, 1.82) is 0 Å². The summed E-state index contributed by atoms with van der Waals surface area (Å²) in [4.78, 5) is 40.7. The Balaban J connectivity index is 1.54. The molecule has 0 radical (unpaired) electrons. The number of nitrogens with zero attached hydrogens (tertiary/aromatic N) is 2. The molecule has 0 saturated carbocycles. The maximum atomic E-state index is 14.0. The summed E-state index contributed by atoms with van der Waals surface area (Å²) in [5, 5.41) is 2.80. The molecule has 13 heteroatoms. The van der Waals surface area contributed by atoms with Crippen LogP contribution in [-0.2, 0) is 17.9 Å². The van der Waals surface area contributed by atoms with Gasteiger partial charge in [-0.2, -0.15) is 4.37 Å². The van der Waals surface area contributed by atoms with Gasteiger partial charge in [-0.05, 0) is 66.0 Å². The fourth-order valence-electron chi connectivity index (χ4n) is 4.19. The van der Waals surface area contributed by atoms with Gasteiger partial charge in [0.2, 0.25) is 6.79 Å². The van der Waals surface area contributed by atoms with E-state index in [-0.39, 0.29) is 41.9 Å². The third-order valence-corrected chi connectivity index (χ3v) is 7.03. The van der Waals surface area contributed by atoms with Crippen molar-refractivity contribution in [1.82, 2.24) is 14.6 Å². The Morgan fingerprint density at radius 3 is 2.48 bits per heavy atom. The van der Waals surface area contributed by atoms with Gasteiger partial charge in [0.25, 0.3) is 17.7 Å². The average molecular weight is 566 g/mol. The molecule has 5 N–H and O–H groups in total. The van der Waals surface area contributed by atoms with E-state index in [1.165, 1.54) is 17.0 Å². The molecule has 3 heterocycles. The molecular formula is C27H24FN5O6S. The molecule has 1 unspecified atom stereocenters. The average Bonchev–Trinajstić information content (AvgIpc) is 3.67. The maximum Gasteiger partial charge on any atom is 0.270 e. The lowest BCUT2D eigenvalue weighted by molar-refractivity contribution is -0.126. The zero-order valence-corrected chi connectivity index (χ0v) is 22.0. The van der Waals surface area contributed by atoms with Gasteiger partial charge in [-0.1, -0.05) is 18.2 Å². The number of anilines is 1. The number of furan rings is 1. The van der Waals surface area contributed by atoms with Crippen LogP contribution < -0.4 is 26.3 Å². The monoisotopic (exact) mass is 565 g/mol. The van der Waals surface area contributed by atoms with E-state index in [2.05, 4.69) is 9.69 Å². The molecule has 0 bridgehead atoms. The van der Waals surface area contributed by atoms with Crippen molar-refractivity contribution in [2.45, 2.75) is 26.1 Å². The smallest absolute Gasteiger partial charge is 0.270 e. The van der Waals surface area contributed by atoms with Crippen LogP contribution in [0.15, 0.2) is 59.0 Å². The zero-order valence-electron chi connectivity index (χ0n) is 21.2. The van der Waals surface area contributed by atoms with E-state index in [4.69, 9.17) is 25.4 Å². The Labute approximate surface area is 231 Å². The van der Waals surface area contributed by atoms with Gasteiger partial charge < -0.3 is 35.6 Å². The Morgan fingerprint density at radius 2 is 1.80 bits per heavy atom. The highest BCUT2D eigenvalue weighted by Gasteiger charge is 2.37. The van der Waals surface area contributed by atoms with Crippen LogP contribution in [0.2, 0.25) is 0 Å². The van der Waals surface area contributed by atoms with Crippen molar-refractivity contribution < 1.29 is 32.7 Å². The lowest BCUT2D eigenvalue weighted by Gasteiger charge is -2.30. The van der Waals surface area contributed by atoms with E-state index < -0.39 is 29.6 Å². The molecule has 40 heavy (non-hydrogen) atoms. The predicted molar refractivity (Wildman–Crippen MR) is 142 cm³/mol. The number of benzene rings is 2. The molecule has 0 saturated heterocycles. The molecule has 2 aromatic carbocycles. The highest BCUT2D eigenvalue weighted by Crippen LogP contribution is 2.35. The van der Waals surface area contributed by atoms with Gasteiger partial charge in [-0.25, -0.2) is 4.39 Å². The van der Waals surface area contributed by atoms with Gasteiger partial charge in [0.15, 0.2) is 23.2 Å². The zero-order chi connectivity index (χ0) is 28.4. The number of nitrogen functional groups attached to an aromatic ring is 1. The largest absolute Gasteiger partial charge is 0.464 e. The van der Waals surface area contributed by atoms with Crippen molar-refractivity contribution in [3.63, 3.8) is 0 Å². The highest BCUT2D eigenvalue weighted by atomic mass is 32.1. The van der Waals surface area contributed by atoms with Crippen LogP contribution in [0, 0.1) is 12.7 Å². The fourth-order valence-corrected chi connectivity index (χ4v) is 4.95. The first-order valence-corrected chi connectivity index (χ1v) is 12.8. The van der Waals surface area contributed by atoms with Crippen LogP contribution in [0.1, 0.15) is 48.8 Å². The van der Waals surface area contributed by atoms with Crippen molar-refractivity contribution in [3.05, 3.63) is 93.6 Å². The topological polar surface area (TPSA) is 163 Å². The lowest BCUT2D eigenvalue weighted by atomic mass is 10.1. The predicted octanol–water partition coefficient (Wildman–Crippen LogP) is 3.29. The Kier molecular flexibility index (Phi) is 7.38. The number of hydrogen-bond acceptors (Lipinski definition) is 9. The summed E-state index contributed by atoms with van der Waals surface area (Å²) in [6, 6.07) is 12.8. The Bertz CT molecular complexity index is 1580. The molecule has 11 nitrogen and oxygen atoms in total. The van der Waals surface area contributed by atoms with Crippen LogP contribution >= 0.6 is 11.5 Å². The number of fused-ring (bicyclic) bond motifs is 1. The summed E-state index contributed by atoms with van der Waals surface area (Å²) in [6.07, 6.45) is 0. The van der Waals surface area contributed by atoms with E-state index in [0.717, 1.165) is 0 Å². The number of nitrogens with one attached hydrogen (secondary N) is 1. The van der Waals surface area contributed by atoms with Crippen LogP contribution in [0.5, 0.6) is 11.5 Å². The van der Waals surface area contributed by atoms with Gasteiger partial charge in [-0.15, -0.1) is 0 Å². The van der Waals surface area contributed by atoms with Gasteiger partial charge in [0, 0.05) is 13.1 Å². The number of primary amides is 1. The summed E-state index contributed by atoms with van der Waals surface area (Å²) in [5.74, 6) is -0.764. The van der Waals surface area contributed by atoms with Crippen molar-refractivity contribution in [3.8, 4) is 11.5 Å². The normalized spacial score (nSPS) is 12.7. The molecule has 4 aromatic rings. The number of nitrogens with two attached hydrogens (primary N) is 2. The van der Waals surface area contributed by atoms with Gasteiger partial charge in [0.05, 0.1) is 5.69 Å². The standard InChI is InChI=1S/C27H24FN5O6S/c1-14-2-8-19(39-14)23(26(35)31-11-15-3-6-17(28)7-4-15)33(12-16-5-9-18-20(10-16)38-13-37-18)27(36)24-21(29)22(25(30)34)32-40-24/h2-10,23H,11-13,29H2,1H3,(H2,30,34)(H,31,35). The molecule has 0 fully saturated rings. The fraction of sp³-hybridized carbons (Fsp3) is 0.185. The first-order valence-electron chi connectivity index (χ1n) is 12.0. The highest BCUT2D eigenvalue weighted by molar-refractivity contribution is 7.09. The number of ether oxygens (including phenoxy) is 2. The lowest BCUT2D eigenvalue weighted by Crippen LogP contribution is -2.43. The second-order valence-electron chi connectivity index (χ2n) is 8.95. The molecule has 0 aliphatic carbocycles. The second kappa shape index (κ2) is 11.1. The van der Waals surface area contributed by atoms with Crippen LogP contribution in [-0.4, -0.2) is 33.8 Å². The quantitative estimate of drug-likeness (QED) is 0.278. The number of aryl methyl sites for hydroxylation is 1. The van der Waals surface area contributed by atoms with Crippen LogP contribution in [0.25, 0.3) is 0 Å². The van der Waals surface area contributed by atoms with Gasteiger partial charge >= 0.3 is 0 Å². The molecule has 2 aromatic heterocycles. The van der Waals surface area contributed by atoms with E-state index in [1.54, 1.807) is 49.4 Å². The molecule has 1 atom stereocenters. The molecule has 5 rings (SSSR count). The number of hydrogen-bond donors (Lipinski definition) is 3. The maximum absolute atomic E-state index is 14.0. The Hall–Kier alpha value is -4.91. The van der Waals surface area contributed by atoms with Gasteiger partial charge in [0.1, 0.15) is 22.2 Å². The van der Waals surface area contributed by atoms with E-state index in [9.17, 15) is 18.8 Å². The number of aromatic nitrogens is 1. The SMILES string of the molecule is Cc1ccc(C(C(=O)NCc2ccc(F)cc2)N(Cc2ccc3c(c2)OCO3)C(=O)c2snc(C(N)=O)c2N)o1. The summed E-state index contributed by atoms with van der Waals surface area (Å²) < 4.78 is 34.0. The van der Waals surface area contributed by atoms with Gasteiger partial charge in [-0.3, -0.25) is 14.4 Å². The first-order chi connectivity index (χ1) is 19.2. The molecule has 206 valence electrons. The number of halogens is 1. The number of carbonyl (C=O) groups is 3. The second-order valence-corrected chi connectivity index (χ2v) is 9.73. The third-order valence-electron chi connectivity index (χ3n) is 6.18. The molecule has 3 amide bonds. The number of rotatable bonds is 9. The summed E-state index contributed by atoms with van der Waals surface area (Å²) in [6.45, 7) is 1.76. The van der Waals surface area contributed by atoms with Crippen LogP contribution in [0.4, 0.5) is 10.1 Å². The van der Waals surface area contributed by atoms with E-state index >= 15 is 0 Å². The number of amides is 3. The number of carbonyl (C=O) groups excluding carboxylic acids is 3. The molecule has 1 aliphatic rings. The minimum atomic E-state index is -1.26. The van der Waals surface area contributed by atoms with E-state index in [0.29, 0.717) is 39.9 Å². The first kappa shape index (κ1) is 26.7. The molecule has 0 spiro atoms. The Morgan fingerprint density at radius 1 is 1.07 bits per heavy atom. The van der Waals surface area contributed by atoms with Crippen molar-refractivity contribution >= 4 is 34.9 Å². The minimum absolute atomic E-state index is 0.0610. The van der Waals surface area contributed by atoms with Crippen LogP contribution in [0.3, 0.4) is 0 Å². The van der Waals surface area contributed by atoms with Crippen molar-refractivity contribution in [2.75, 3.05) is 12.5 Å².